The first-order valence-electron chi connectivity index (χ1n) is 8.54. The van der Waals surface area contributed by atoms with E-state index in [2.05, 4.69) is 20.4 Å². The number of para-hydroxylation sites is 2. The van der Waals surface area contributed by atoms with Crippen molar-refractivity contribution in [3.05, 3.63) is 36.3 Å². The van der Waals surface area contributed by atoms with Gasteiger partial charge in [0.2, 0.25) is 0 Å². The van der Waals surface area contributed by atoms with Gasteiger partial charge in [0, 0.05) is 27.1 Å². The SMILES string of the molecule is COCc1nc(NCC[C@H]2COc3ccccc3O2)c2cnn(C)c2n1. The first-order valence-corrected chi connectivity index (χ1v) is 8.54. The molecule has 3 aromatic rings. The minimum atomic E-state index is 0.00192. The summed E-state index contributed by atoms with van der Waals surface area (Å²) in [5.41, 5.74) is 0.778. The summed E-state index contributed by atoms with van der Waals surface area (Å²) in [6.45, 7) is 1.59. The van der Waals surface area contributed by atoms with Gasteiger partial charge in [-0.05, 0) is 12.1 Å². The van der Waals surface area contributed by atoms with Crippen LogP contribution in [0.2, 0.25) is 0 Å². The summed E-state index contributed by atoms with van der Waals surface area (Å²) in [6.07, 6.45) is 2.56. The van der Waals surface area contributed by atoms with E-state index in [1.54, 1.807) is 18.0 Å². The molecule has 1 aliphatic rings. The van der Waals surface area contributed by atoms with Crippen molar-refractivity contribution in [2.45, 2.75) is 19.1 Å². The third-order valence-electron chi connectivity index (χ3n) is 4.24. The first kappa shape index (κ1) is 16.6. The van der Waals surface area contributed by atoms with Gasteiger partial charge in [0.1, 0.15) is 25.1 Å². The number of benzene rings is 1. The highest BCUT2D eigenvalue weighted by atomic mass is 16.6. The lowest BCUT2D eigenvalue weighted by molar-refractivity contribution is 0.0873. The maximum atomic E-state index is 5.99. The van der Waals surface area contributed by atoms with Crippen molar-refractivity contribution in [2.75, 3.05) is 25.6 Å². The lowest BCUT2D eigenvalue weighted by Crippen LogP contribution is -2.31. The molecule has 1 atom stereocenters. The van der Waals surface area contributed by atoms with Crippen LogP contribution in [0.4, 0.5) is 5.82 Å². The maximum Gasteiger partial charge on any atom is 0.163 e. The van der Waals surface area contributed by atoms with Gasteiger partial charge in [-0.3, -0.25) is 4.68 Å². The van der Waals surface area contributed by atoms with Gasteiger partial charge in [-0.1, -0.05) is 12.1 Å². The minimum Gasteiger partial charge on any atom is -0.486 e. The molecular weight excluding hydrogens is 334 g/mol. The quantitative estimate of drug-likeness (QED) is 0.725. The number of nitrogens with zero attached hydrogens (tertiary/aromatic N) is 4. The lowest BCUT2D eigenvalue weighted by Gasteiger charge is -2.26. The molecule has 0 spiro atoms. The summed E-state index contributed by atoms with van der Waals surface area (Å²) in [7, 11) is 3.49. The molecule has 8 nitrogen and oxygen atoms in total. The number of fused-ring (bicyclic) bond motifs is 2. The molecule has 0 unspecified atom stereocenters. The van der Waals surface area contributed by atoms with Crippen molar-refractivity contribution in [1.82, 2.24) is 19.7 Å². The highest BCUT2D eigenvalue weighted by molar-refractivity contribution is 5.86. The fourth-order valence-electron chi connectivity index (χ4n) is 2.95. The lowest BCUT2D eigenvalue weighted by atomic mass is 10.2. The molecule has 2 aromatic heterocycles. The Balaban J connectivity index is 1.43. The molecule has 0 bridgehead atoms. The zero-order valence-corrected chi connectivity index (χ0v) is 14.8. The number of anilines is 1. The van der Waals surface area contributed by atoms with Crippen molar-refractivity contribution in [3.63, 3.8) is 0 Å². The van der Waals surface area contributed by atoms with Gasteiger partial charge in [0.15, 0.2) is 23.0 Å². The Morgan fingerprint density at radius 2 is 2.12 bits per heavy atom. The van der Waals surface area contributed by atoms with Gasteiger partial charge >= 0.3 is 0 Å². The standard InChI is InChI=1S/C18H21N5O3/c1-23-18-13(9-20-23)17(21-16(22-18)11-24-2)19-8-7-12-10-25-14-5-3-4-6-15(14)26-12/h3-6,9,12H,7-8,10-11H2,1-2H3,(H,19,21,22)/t12-/m0/s1. The van der Waals surface area contributed by atoms with E-state index in [-0.39, 0.29) is 6.10 Å². The van der Waals surface area contributed by atoms with E-state index in [0.29, 0.717) is 25.6 Å². The van der Waals surface area contributed by atoms with Gasteiger partial charge in [0.25, 0.3) is 0 Å². The molecule has 1 aromatic carbocycles. The topological polar surface area (TPSA) is 83.3 Å². The third kappa shape index (κ3) is 3.28. The molecular formula is C18H21N5O3. The Bertz CT molecular complexity index is 911. The molecule has 0 aliphatic carbocycles. The second kappa shape index (κ2) is 7.17. The average Bonchev–Trinajstić information content (AvgIpc) is 3.03. The summed E-state index contributed by atoms with van der Waals surface area (Å²) in [4.78, 5) is 9.04. The summed E-state index contributed by atoms with van der Waals surface area (Å²) in [5.74, 6) is 2.97. The molecule has 3 heterocycles. The van der Waals surface area contributed by atoms with Gasteiger partial charge in [-0.15, -0.1) is 0 Å². The first-order chi connectivity index (χ1) is 12.7. The molecule has 0 saturated carbocycles. The van der Waals surface area contributed by atoms with E-state index >= 15 is 0 Å². The van der Waals surface area contributed by atoms with E-state index < -0.39 is 0 Å². The van der Waals surface area contributed by atoms with Crippen LogP contribution in [-0.2, 0) is 18.4 Å². The van der Waals surface area contributed by atoms with Gasteiger partial charge in [-0.2, -0.15) is 5.10 Å². The molecule has 1 N–H and O–H groups in total. The maximum absolute atomic E-state index is 5.99. The van der Waals surface area contributed by atoms with Gasteiger partial charge < -0.3 is 19.5 Å². The van der Waals surface area contributed by atoms with E-state index in [9.17, 15) is 0 Å². The summed E-state index contributed by atoms with van der Waals surface area (Å²) >= 11 is 0. The van der Waals surface area contributed by atoms with Crippen LogP contribution in [0.15, 0.2) is 30.5 Å². The molecule has 26 heavy (non-hydrogen) atoms. The van der Waals surface area contributed by atoms with Gasteiger partial charge in [-0.25, -0.2) is 9.97 Å². The van der Waals surface area contributed by atoms with Gasteiger partial charge in [0.05, 0.1) is 11.6 Å². The number of ether oxygens (including phenoxy) is 3. The van der Waals surface area contributed by atoms with Crippen LogP contribution >= 0.6 is 0 Å². The molecule has 4 rings (SSSR count). The average molecular weight is 355 g/mol. The highest BCUT2D eigenvalue weighted by Crippen LogP contribution is 2.31. The van der Waals surface area contributed by atoms with Crippen molar-refractivity contribution < 1.29 is 14.2 Å². The third-order valence-corrected chi connectivity index (χ3v) is 4.24. The second-order valence-electron chi connectivity index (χ2n) is 6.14. The van der Waals surface area contributed by atoms with Crippen LogP contribution in [0, 0.1) is 0 Å². The predicted molar refractivity (Wildman–Crippen MR) is 96.5 cm³/mol. The van der Waals surface area contributed by atoms with Crippen LogP contribution in [0.25, 0.3) is 11.0 Å². The van der Waals surface area contributed by atoms with Crippen molar-refractivity contribution in [3.8, 4) is 11.5 Å². The van der Waals surface area contributed by atoms with Crippen LogP contribution in [0.5, 0.6) is 11.5 Å². The van der Waals surface area contributed by atoms with Crippen molar-refractivity contribution >= 4 is 16.9 Å². The largest absolute Gasteiger partial charge is 0.486 e. The zero-order valence-electron chi connectivity index (χ0n) is 14.8. The Morgan fingerprint density at radius 3 is 2.96 bits per heavy atom. The zero-order chi connectivity index (χ0) is 17.9. The number of nitrogens with one attached hydrogen (secondary N) is 1. The number of hydrogen-bond acceptors (Lipinski definition) is 7. The van der Waals surface area contributed by atoms with E-state index in [4.69, 9.17) is 14.2 Å². The Morgan fingerprint density at radius 1 is 1.27 bits per heavy atom. The van der Waals surface area contributed by atoms with Crippen LogP contribution in [-0.4, -0.2) is 46.1 Å². The summed E-state index contributed by atoms with van der Waals surface area (Å²) < 4.78 is 18.6. The molecule has 0 radical (unpaired) electrons. The number of methoxy groups -OCH3 is 1. The van der Waals surface area contributed by atoms with Crippen LogP contribution in [0.3, 0.4) is 0 Å². The van der Waals surface area contributed by atoms with Crippen molar-refractivity contribution in [2.24, 2.45) is 7.05 Å². The molecule has 8 heteroatoms. The Labute approximate surface area is 151 Å². The number of rotatable bonds is 6. The predicted octanol–water partition coefficient (Wildman–Crippen LogP) is 2.15. The molecule has 0 saturated heterocycles. The Kier molecular flexibility index (Phi) is 4.57. The normalized spacial score (nSPS) is 16.0. The second-order valence-corrected chi connectivity index (χ2v) is 6.14. The van der Waals surface area contributed by atoms with E-state index in [0.717, 1.165) is 34.8 Å². The smallest absolute Gasteiger partial charge is 0.163 e. The number of aromatic nitrogens is 4. The molecule has 1 aliphatic heterocycles. The molecule has 0 amide bonds. The summed E-state index contributed by atoms with van der Waals surface area (Å²) in [6, 6.07) is 7.73. The molecule has 0 fully saturated rings. The van der Waals surface area contributed by atoms with Crippen LogP contribution in [0.1, 0.15) is 12.2 Å². The fraction of sp³-hybridized carbons (Fsp3) is 0.389. The number of hydrogen-bond donors (Lipinski definition) is 1. The van der Waals surface area contributed by atoms with E-state index in [1.807, 2.05) is 31.3 Å². The summed E-state index contributed by atoms with van der Waals surface area (Å²) in [5, 5.41) is 8.53. The van der Waals surface area contributed by atoms with E-state index in [1.165, 1.54) is 0 Å². The highest BCUT2D eigenvalue weighted by Gasteiger charge is 2.20. The fourth-order valence-corrected chi connectivity index (χ4v) is 2.95. The minimum absolute atomic E-state index is 0.00192. The number of aryl methyl sites for hydroxylation is 1. The molecule has 136 valence electrons. The Hall–Kier alpha value is -2.87. The monoisotopic (exact) mass is 355 g/mol. The van der Waals surface area contributed by atoms with Crippen molar-refractivity contribution in [1.29, 1.82) is 0 Å². The van der Waals surface area contributed by atoms with Crippen LogP contribution < -0.4 is 14.8 Å².